The monoisotopic (exact) mass is 231 g/mol. The molecule has 1 N–H and O–H groups in total. The number of nitrogens with zero attached hydrogens (tertiary/aromatic N) is 1. The normalized spacial score (nSPS) is 13.1. The number of carboxylic acid groups (broad SMARTS) is 1. The Morgan fingerprint density at radius 1 is 1.31 bits per heavy atom. The van der Waals surface area contributed by atoms with Gasteiger partial charge in [-0.25, -0.2) is 9.59 Å². The van der Waals surface area contributed by atoms with Gasteiger partial charge in [0.15, 0.2) is 0 Å². The van der Waals surface area contributed by atoms with Crippen molar-refractivity contribution < 1.29 is 19.4 Å². The Morgan fingerprint density at radius 3 is 2.06 bits per heavy atom. The van der Waals surface area contributed by atoms with Crippen molar-refractivity contribution in [2.75, 3.05) is 6.54 Å². The van der Waals surface area contributed by atoms with Crippen molar-refractivity contribution in [1.29, 1.82) is 0 Å². The molecule has 0 spiro atoms. The highest BCUT2D eigenvalue weighted by Crippen LogP contribution is 2.13. The molecule has 0 heterocycles. The first-order chi connectivity index (χ1) is 7.22. The minimum absolute atomic E-state index is 0.319. The summed E-state index contributed by atoms with van der Waals surface area (Å²) < 4.78 is 5.15. The lowest BCUT2D eigenvalue weighted by molar-refractivity contribution is -0.143. The first-order valence-electron chi connectivity index (χ1n) is 5.45. The number of amides is 1. The number of likely N-dealkylation sites (N-methyl/N-ethyl adjacent to an activating group) is 1. The Bertz CT molecular complexity index is 257. The van der Waals surface area contributed by atoms with Gasteiger partial charge in [-0.1, -0.05) is 6.92 Å². The molecule has 0 fully saturated rings. The summed E-state index contributed by atoms with van der Waals surface area (Å²) in [6.45, 7) is 9.03. The van der Waals surface area contributed by atoms with Crippen LogP contribution in [0.5, 0.6) is 0 Å². The lowest BCUT2D eigenvalue weighted by atomic mass is 10.2. The highest BCUT2D eigenvalue weighted by atomic mass is 16.6. The molecular weight excluding hydrogens is 210 g/mol. The second kappa shape index (κ2) is 5.72. The van der Waals surface area contributed by atoms with Gasteiger partial charge in [0.25, 0.3) is 0 Å². The van der Waals surface area contributed by atoms with E-state index in [2.05, 4.69) is 0 Å². The average molecular weight is 231 g/mol. The molecule has 0 aromatic carbocycles. The van der Waals surface area contributed by atoms with Crippen LogP contribution in [-0.4, -0.2) is 40.3 Å². The van der Waals surface area contributed by atoms with Crippen LogP contribution >= 0.6 is 0 Å². The fourth-order valence-corrected chi connectivity index (χ4v) is 1.33. The molecule has 0 radical (unpaired) electrons. The van der Waals surface area contributed by atoms with Crippen LogP contribution in [0.3, 0.4) is 0 Å². The van der Waals surface area contributed by atoms with Gasteiger partial charge in [-0.3, -0.25) is 4.90 Å². The van der Waals surface area contributed by atoms with E-state index in [0.717, 1.165) is 0 Å². The van der Waals surface area contributed by atoms with Crippen LogP contribution in [0.15, 0.2) is 0 Å². The zero-order valence-corrected chi connectivity index (χ0v) is 10.6. The summed E-state index contributed by atoms with van der Waals surface area (Å²) in [6, 6.07) is -0.820. The van der Waals surface area contributed by atoms with E-state index in [1.807, 2.05) is 0 Å². The summed E-state index contributed by atoms with van der Waals surface area (Å²) in [4.78, 5) is 23.9. The second-order valence-corrected chi connectivity index (χ2v) is 4.53. The second-order valence-electron chi connectivity index (χ2n) is 4.53. The topological polar surface area (TPSA) is 66.8 Å². The zero-order chi connectivity index (χ0) is 12.9. The Labute approximate surface area is 96.4 Å². The molecule has 0 bridgehead atoms. The number of hydrogen-bond donors (Lipinski definition) is 1. The lowest BCUT2D eigenvalue weighted by Gasteiger charge is -2.30. The molecule has 1 unspecified atom stereocenters. The highest BCUT2D eigenvalue weighted by Gasteiger charge is 2.30. The molecule has 0 aliphatic carbocycles. The smallest absolute Gasteiger partial charge is 0.411 e. The van der Waals surface area contributed by atoms with Crippen molar-refractivity contribution in [1.82, 2.24) is 4.90 Å². The maximum absolute atomic E-state index is 11.7. The standard InChI is InChI=1S/C11H21NO4/c1-6-8(9(13)14)12(7-2)10(15)16-11(3,4)5/h8H,6-7H2,1-5H3,(H,13,14). The largest absolute Gasteiger partial charge is 0.480 e. The van der Waals surface area contributed by atoms with Crippen molar-refractivity contribution in [3.8, 4) is 0 Å². The molecule has 5 heteroatoms. The van der Waals surface area contributed by atoms with Gasteiger partial charge in [0.2, 0.25) is 0 Å². The Morgan fingerprint density at radius 2 is 1.81 bits per heavy atom. The number of hydrogen-bond acceptors (Lipinski definition) is 3. The van der Waals surface area contributed by atoms with Crippen molar-refractivity contribution in [3.05, 3.63) is 0 Å². The Kier molecular flexibility index (Phi) is 5.27. The summed E-state index contributed by atoms with van der Waals surface area (Å²) in [5.41, 5.74) is -0.610. The lowest BCUT2D eigenvalue weighted by Crippen LogP contribution is -2.46. The van der Waals surface area contributed by atoms with Gasteiger partial charge in [-0.15, -0.1) is 0 Å². The van der Waals surface area contributed by atoms with E-state index in [4.69, 9.17) is 9.84 Å². The fraction of sp³-hybridized carbons (Fsp3) is 0.818. The fourth-order valence-electron chi connectivity index (χ4n) is 1.33. The van der Waals surface area contributed by atoms with E-state index in [-0.39, 0.29) is 0 Å². The first kappa shape index (κ1) is 14.7. The van der Waals surface area contributed by atoms with Crippen molar-refractivity contribution in [2.24, 2.45) is 0 Å². The number of aliphatic carboxylic acids is 1. The molecule has 0 saturated carbocycles. The van der Waals surface area contributed by atoms with E-state index in [0.29, 0.717) is 13.0 Å². The van der Waals surface area contributed by atoms with Crippen LogP contribution < -0.4 is 0 Å². The van der Waals surface area contributed by atoms with E-state index < -0.39 is 23.7 Å². The highest BCUT2D eigenvalue weighted by molar-refractivity contribution is 5.80. The van der Waals surface area contributed by atoms with Crippen molar-refractivity contribution in [3.63, 3.8) is 0 Å². The van der Waals surface area contributed by atoms with E-state index in [1.165, 1.54) is 4.90 Å². The molecule has 0 saturated heterocycles. The summed E-state index contributed by atoms with van der Waals surface area (Å²) in [7, 11) is 0. The summed E-state index contributed by atoms with van der Waals surface area (Å²) in [5, 5.41) is 8.97. The molecule has 0 rings (SSSR count). The summed E-state index contributed by atoms with van der Waals surface area (Å²) >= 11 is 0. The summed E-state index contributed by atoms with van der Waals surface area (Å²) in [6.07, 6.45) is -0.216. The van der Waals surface area contributed by atoms with E-state index in [1.54, 1.807) is 34.6 Å². The van der Waals surface area contributed by atoms with Crippen molar-refractivity contribution >= 4 is 12.1 Å². The number of ether oxygens (including phenoxy) is 1. The first-order valence-corrected chi connectivity index (χ1v) is 5.45. The minimum Gasteiger partial charge on any atom is -0.480 e. The average Bonchev–Trinajstić information content (AvgIpc) is 2.09. The van der Waals surface area contributed by atoms with Crippen LogP contribution in [0.4, 0.5) is 4.79 Å². The van der Waals surface area contributed by atoms with Gasteiger partial charge < -0.3 is 9.84 Å². The molecule has 0 aliphatic heterocycles. The van der Waals surface area contributed by atoms with Gasteiger partial charge in [-0.05, 0) is 34.1 Å². The molecule has 94 valence electrons. The number of carbonyl (C=O) groups excluding carboxylic acids is 1. The quantitative estimate of drug-likeness (QED) is 0.804. The van der Waals surface area contributed by atoms with Crippen LogP contribution in [0.25, 0.3) is 0 Å². The number of carbonyl (C=O) groups is 2. The van der Waals surface area contributed by atoms with Crippen molar-refractivity contribution in [2.45, 2.75) is 52.7 Å². The van der Waals surface area contributed by atoms with E-state index >= 15 is 0 Å². The Balaban J connectivity index is 4.71. The molecule has 0 aliphatic rings. The molecule has 16 heavy (non-hydrogen) atoms. The molecule has 1 atom stereocenters. The van der Waals surface area contributed by atoms with Gasteiger partial charge in [0.1, 0.15) is 11.6 Å². The van der Waals surface area contributed by atoms with Gasteiger partial charge in [0, 0.05) is 6.54 Å². The maximum Gasteiger partial charge on any atom is 0.411 e. The molecule has 0 aromatic heterocycles. The van der Waals surface area contributed by atoms with Gasteiger partial charge >= 0.3 is 12.1 Å². The third-order valence-electron chi connectivity index (χ3n) is 2.02. The third-order valence-corrected chi connectivity index (χ3v) is 2.02. The van der Waals surface area contributed by atoms with Crippen LogP contribution in [0, 0.1) is 0 Å². The zero-order valence-electron chi connectivity index (χ0n) is 10.6. The summed E-state index contributed by atoms with van der Waals surface area (Å²) in [5.74, 6) is -1.00. The molecule has 5 nitrogen and oxygen atoms in total. The Hall–Kier alpha value is -1.26. The van der Waals surface area contributed by atoms with Gasteiger partial charge in [0.05, 0.1) is 0 Å². The molecule has 0 aromatic rings. The predicted octanol–water partition coefficient (Wildman–Crippen LogP) is 2.11. The number of rotatable bonds is 4. The maximum atomic E-state index is 11.7. The van der Waals surface area contributed by atoms with Gasteiger partial charge in [-0.2, -0.15) is 0 Å². The molecule has 1 amide bonds. The van der Waals surface area contributed by atoms with Crippen LogP contribution in [-0.2, 0) is 9.53 Å². The predicted molar refractivity (Wildman–Crippen MR) is 60.3 cm³/mol. The van der Waals surface area contributed by atoms with Crippen LogP contribution in [0.1, 0.15) is 41.0 Å². The minimum atomic E-state index is -1.00. The van der Waals surface area contributed by atoms with E-state index in [9.17, 15) is 9.59 Å². The SMILES string of the molecule is CCC(C(=O)O)N(CC)C(=O)OC(C)(C)C. The molecular formula is C11H21NO4. The van der Waals surface area contributed by atoms with Crippen LogP contribution in [0.2, 0.25) is 0 Å². The third kappa shape index (κ3) is 4.51. The number of carboxylic acids is 1.